The van der Waals surface area contributed by atoms with Crippen molar-refractivity contribution in [2.75, 3.05) is 0 Å². The lowest BCUT2D eigenvalue weighted by molar-refractivity contribution is 0.855. The first-order valence-corrected chi connectivity index (χ1v) is 8.66. The fourth-order valence-electron chi connectivity index (χ4n) is 3.67. The van der Waals surface area contributed by atoms with Crippen LogP contribution in [0.2, 0.25) is 0 Å². The highest BCUT2D eigenvalue weighted by Gasteiger charge is 2.11. The highest BCUT2D eigenvalue weighted by Crippen LogP contribution is 2.29. The maximum Gasteiger partial charge on any atom is -0.0105 e. The molecule has 3 aromatic rings. The van der Waals surface area contributed by atoms with E-state index in [0.717, 1.165) is 0 Å². The van der Waals surface area contributed by atoms with Gasteiger partial charge in [-0.1, -0.05) is 74.5 Å². The van der Waals surface area contributed by atoms with Gasteiger partial charge < -0.3 is 0 Å². The quantitative estimate of drug-likeness (QED) is 0.476. The van der Waals surface area contributed by atoms with Crippen LogP contribution < -0.4 is 10.4 Å². The van der Waals surface area contributed by atoms with Crippen LogP contribution in [0.25, 0.3) is 23.3 Å². The van der Waals surface area contributed by atoms with Crippen molar-refractivity contribution in [1.29, 1.82) is 0 Å². The van der Waals surface area contributed by atoms with Crippen LogP contribution in [0, 0.1) is 6.92 Å². The van der Waals surface area contributed by atoms with Gasteiger partial charge in [0.2, 0.25) is 0 Å². The molecule has 0 N–H and O–H groups in total. The topological polar surface area (TPSA) is 0 Å². The molecule has 0 amide bonds. The summed E-state index contributed by atoms with van der Waals surface area (Å²) in [6, 6.07) is 22.0. The number of aryl methyl sites for hydroxylation is 1. The molecule has 0 saturated carbocycles. The average molecular weight is 310 g/mol. The summed E-state index contributed by atoms with van der Waals surface area (Å²) in [5.74, 6) is 0.505. The fraction of sp³-hybridized carbons (Fsp3) is 0.167. The molecule has 0 atom stereocenters. The second kappa shape index (κ2) is 5.79. The largest absolute Gasteiger partial charge is 0.0616 e. The average Bonchev–Trinajstić information content (AvgIpc) is 2.57. The van der Waals surface area contributed by atoms with Crippen molar-refractivity contribution in [3.05, 3.63) is 93.4 Å². The maximum absolute atomic E-state index is 2.37. The summed E-state index contributed by atoms with van der Waals surface area (Å²) in [5, 5.41) is 2.72. The van der Waals surface area contributed by atoms with E-state index in [1.54, 1.807) is 0 Å². The minimum atomic E-state index is 0.505. The molecule has 1 aliphatic carbocycles. The van der Waals surface area contributed by atoms with Crippen LogP contribution in [0.3, 0.4) is 0 Å². The summed E-state index contributed by atoms with van der Waals surface area (Å²) in [6.45, 7) is 6.76. The molecule has 0 bridgehead atoms. The van der Waals surface area contributed by atoms with E-state index in [1.165, 1.54) is 43.8 Å². The minimum Gasteiger partial charge on any atom is -0.0616 e. The van der Waals surface area contributed by atoms with E-state index in [2.05, 4.69) is 93.6 Å². The van der Waals surface area contributed by atoms with Crippen LogP contribution in [0.4, 0.5) is 0 Å². The van der Waals surface area contributed by atoms with Crippen molar-refractivity contribution in [3.63, 3.8) is 0 Å². The molecule has 0 unspecified atom stereocenters. The van der Waals surface area contributed by atoms with E-state index in [1.807, 2.05) is 0 Å². The summed E-state index contributed by atoms with van der Waals surface area (Å²) in [6.07, 6.45) is 4.73. The van der Waals surface area contributed by atoms with Crippen LogP contribution in [0.15, 0.2) is 60.7 Å². The molecule has 0 aliphatic heterocycles. The normalized spacial score (nSPS) is 15.0. The maximum atomic E-state index is 2.37. The molecular formula is C24H22. The van der Waals surface area contributed by atoms with E-state index in [4.69, 9.17) is 0 Å². The molecule has 0 fully saturated rings. The van der Waals surface area contributed by atoms with Gasteiger partial charge >= 0.3 is 0 Å². The number of fused-ring (bicyclic) bond motifs is 4. The van der Waals surface area contributed by atoms with Gasteiger partial charge in [0.15, 0.2) is 0 Å². The third-order valence-electron chi connectivity index (χ3n) is 4.97. The Morgan fingerprint density at radius 1 is 0.625 bits per heavy atom. The Bertz CT molecular complexity index is 1040. The molecule has 118 valence electrons. The molecule has 0 spiro atoms. The predicted octanol–water partition coefficient (Wildman–Crippen LogP) is 4.76. The van der Waals surface area contributed by atoms with Crippen LogP contribution in [0.5, 0.6) is 0 Å². The monoisotopic (exact) mass is 310 g/mol. The first-order chi connectivity index (χ1) is 11.6. The van der Waals surface area contributed by atoms with Gasteiger partial charge in [0.1, 0.15) is 0 Å². The molecule has 0 aromatic heterocycles. The predicted molar refractivity (Wildman–Crippen MR) is 104 cm³/mol. The summed E-state index contributed by atoms with van der Waals surface area (Å²) in [5.41, 5.74) is 7.96. The van der Waals surface area contributed by atoms with Crippen LogP contribution in [0.1, 0.15) is 42.0 Å². The minimum absolute atomic E-state index is 0.505. The Hall–Kier alpha value is -2.60. The first kappa shape index (κ1) is 15.0. The van der Waals surface area contributed by atoms with Crippen molar-refractivity contribution in [2.24, 2.45) is 0 Å². The molecule has 0 heteroatoms. The van der Waals surface area contributed by atoms with E-state index >= 15 is 0 Å². The zero-order valence-electron chi connectivity index (χ0n) is 14.5. The van der Waals surface area contributed by atoms with Crippen LogP contribution in [-0.4, -0.2) is 0 Å². The molecule has 24 heavy (non-hydrogen) atoms. The lowest BCUT2D eigenvalue weighted by atomic mass is 9.89. The van der Waals surface area contributed by atoms with E-state index in [-0.39, 0.29) is 0 Å². The molecule has 3 aromatic carbocycles. The van der Waals surface area contributed by atoms with Gasteiger partial charge in [-0.25, -0.2) is 0 Å². The van der Waals surface area contributed by atoms with E-state index in [9.17, 15) is 0 Å². The van der Waals surface area contributed by atoms with Crippen molar-refractivity contribution in [3.8, 4) is 11.1 Å². The number of rotatable bonds is 1. The van der Waals surface area contributed by atoms with E-state index in [0.29, 0.717) is 5.92 Å². The van der Waals surface area contributed by atoms with Crippen molar-refractivity contribution in [2.45, 2.75) is 26.7 Å². The second-order valence-corrected chi connectivity index (χ2v) is 6.92. The number of benzene rings is 3. The van der Waals surface area contributed by atoms with Crippen molar-refractivity contribution in [1.82, 2.24) is 0 Å². The summed E-state index contributed by atoms with van der Waals surface area (Å²) in [7, 11) is 0. The second-order valence-electron chi connectivity index (χ2n) is 6.92. The van der Waals surface area contributed by atoms with Crippen LogP contribution >= 0.6 is 0 Å². The molecule has 0 heterocycles. The highest BCUT2D eigenvalue weighted by atomic mass is 14.2. The molecule has 1 aliphatic rings. The molecule has 0 radical (unpaired) electrons. The zero-order valence-corrected chi connectivity index (χ0v) is 14.5. The van der Waals surface area contributed by atoms with E-state index < -0.39 is 0 Å². The molecular weight excluding hydrogens is 288 g/mol. The summed E-state index contributed by atoms with van der Waals surface area (Å²) < 4.78 is 0. The van der Waals surface area contributed by atoms with Crippen molar-refractivity contribution < 1.29 is 0 Å². The Labute approximate surface area is 143 Å². The standard InChI is InChI=1S/C24H22/c1-16(2)20-13-12-17(3)23-14-18-8-4-6-10-21(18)22-11-7-5-9-19(22)15-24(20)23/h4-16H,1-3H3/b18-14?,19-15?,22-21?,23-14-,24-15-. The number of hydrogen-bond donors (Lipinski definition) is 0. The van der Waals surface area contributed by atoms with Gasteiger partial charge in [-0.05, 0) is 68.8 Å². The SMILES string of the molecule is Cc1ccc(C(C)C)c2/c1=C\c1ccccc1-c1ccccc1\C=2. The lowest BCUT2D eigenvalue weighted by Gasteiger charge is -2.15. The third kappa shape index (κ3) is 2.39. The van der Waals surface area contributed by atoms with Gasteiger partial charge in [-0.2, -0.15) is 0 Å². The smallest absolute Gasteiger partial charge is 0.0105 e. The number of hydrogen-bond acceptors (Lipinski definition) is 0. The van der Waals surface area contributed by atoms with Gasteiger partial charge in [-0.3, -0.25) is 0 Å². The van der Waals surface area contributed by atoms with Gasteiger partial charge in [0.25, 0.3) is 0 Å². The van der Waals surface area contributed by atoms with Crippen molar-refractivity contribution >= 4 is 12.2 Å². The summed E-state index contributed by atoms with van der Waals surface area (Å²) >= 11 is 0. The molecule has 0 saturated heterocycles. The Morgan fingerprint density at radius 3 is 1.75 bits per heavy atom. The molecule has 4 rings (SSSR count). The lowest BCUT2D eigenvalue weighted by Crippen LogP contribution is -2.32. The van der Waals surface area contributed by atoms with Gasteiger partial charge in [0.05, 0.1) is 0 Å². The zero-order chi connectivity index (χ0) is 16.7. The van der Waals surface area contributed by atoms with Gasteiger partial charge in [-0.15, -0.1) is 0 Å². The summed E-state index contributed by atoms with van der Waals surface area (Å²) in [4.78, 5) is 0. The fourth-order valence-corrected chi connectivity index (χ4v) is 3.67. The molecule has 0 nitrogen and oxygen atoms in total. The highest BCUT2D eigenvalue weighted by molar-refractivity contribution is 5.83. The Kier molecular flexibility index (Phi) is 3.61. The third-order valence-corrected chi connectivity index (χ3v) is 4.97. The Morgan fingerprint density at radius 2 is 1.17 bits per heavy atom. The van der Waals surface area contributed by atoms with Crippen LogP contribution in [-0.2, 0) is 0 Å². The van der Waals surface area contributed by atoms with Gasteiger partial charge in [0, 0.05) is 0 Å². The Balaban J connectivity index is 2.24. The first-order valence-electron chi connectivity index (χ1n) is 8.66.